The molecule has 76 valence electrons. The first kappa shape index (κ1) is 9.84. The standard InChI is InChI=1S/C11H16N2S/c12-9-5-6-13-10(7-9)8-14-11-3-1-2-4-11/h5-7,11H,1-4,8H2,(H2,12,13). The summed E-state index contributed by atoms with van der Waals surface area (Å²) >= 11 is 2.03. The number of anilines is 1. The number of aromatic nitrogens is 1. The number of pyridine rings is 1. The van der Waals surface area contributed by atoms with E-state index in [1.807, 2.05) is 23.9 Å². The van der Waals surface area contributed by atoms with Crippen LogP contribution in [0.4, 0.5) is 5.69 Å². The first-order valence-corrected chi connectivity index (χ1v) is 6.21. The molecule has 0 amide bonds. The Morgan fingerprint density at radius 2 is 2.21 bits per heavy atom. The highest BCUT2D eigenvalue weighted by Gasteiger charge is 2.15. The molecule has 0 saturated heterocycles. The number of nitrogens with zero attached hydrogens (tertiary/aromatic N) is 1. The molecule has 2 rings (SSSR count). The molecular formula is C11H16N2S. The van der Waals surface area contributed by atoms with Crippen LogP contribution in [-0.4, -0.2) is 10.2 Å². The van der Waals surface area contributed by atoms with Gasteiger partial charge in [-0.2, -0.15) is 11.8 Å². The SMILES string of the molecule is Nc1ccnc(CSC2CCCC2)c1. The molecule has 1 aliphatic rings. The van der Waals surface area contributed by atoms with Gasteiger partial charge in [0.1, 0.15) is 0 Å². The molecule has 0 atom stereocenters. The molecule has 1 aliphatic carbocycles. The summed E-state index contributed by atoms with van der Waals surface area (Å²) < 4.78 is 0. The van der Waals surface area contributed by atoms with Crippen LogP contribution in [0.1, 0.15) is 31.4 Å². The monoisotopic (exact) mass is 208 g/mol. The summed E-state index contributed by atoms with van der Waals surface area (Å²) in [5.41, 5.74) is 7.63. The van der Waals surface area contributed by atoms with Crippen molar-refractivity contribution < 1.29 is 0 Å². The summed E-state index contributed by atoms with van der Waals surface area (Å²) in [4.78, 5) is 4.30. The lowest BCUT2D eigenvalue weighted by Gasteiger charge is -2.07. The van der Waals surface area contributed by atoms with Crippen molar-refractivity contribution in [2.45, 2.75) is 36.7 Å². The fraction of sp³-hybridized carbons (Fsp3) is 0.545. The highest BCUT2D eigenvalue weighted by atomic mass is 32.2. The van der Waals surface area contributed by atoms with E-state index in [0.717, 1.165) is 22.4 Å². The van der Waals surface area contributed by atoms with Gasteiger partial charge in [0, 0.05) is 22.9 Å². The quantitative estimate of drug-likeness (QED) is 0.830. The third kappa shape index (κ3) is 2.64. The zero-order valence-corrected chi connectivity index (χ0v) is 9.09. The highest BCUT2D eigenvalue weighted by molar-refractivity contribution is 7.99. The topological polar surface area (TPSA) is 38.9 Å². The predicted molar refractivity (Wildman–Crippen MR) is 62.2 cm³/mol. The maximum Gasteiger partial charge on any atom is 0.0523 e. The summed E-state index contributed by atoms with van der Waals surface area (Å²) in [6, 6.07) is 3.81. The van der Waals surface area contributed by atoms with Crippen molar-refractivity contribution in [3.05, 3.63) is 24.0 Å². The van der Waals surface area contributed by atoms with Crippen LogP contribution in [0.25, 0.3) is 0 Å². The smallest absolute Gasteiger partial charge is 0.0523 e. The predicted octanol–water partition coefficient (Wildman–Crippen LogP) is 2.84. The third-order valence-electron chi connectivity index (χ3n) is 2.61. The lowest BCUT2D eigenvalue weighted by atomic mass is 10.3. The van der Waals surface area contributed by atoms with Crippen LogP contribution in [-0.2, 0) is 5.75 Å². The second-order valence-corrected chi connectivity index (χ2v) is 5.09. The first-order valence-electron chi connectivity index (χ1n) is 5.16. The van der Waals surface area contributed by atoms with E-state index in [2.05, 4.69) is 4.98 Å². The molecule has 0 aromatic carbocycles. The number of nitrogens with two attached hydrogens (primary N) is 1. The number of rotatable bonds is 3. The van der Waals surface area contributed by atoms with Gasteiger partial charge >= 0.3 is 0 Å². The molecule has 0 bridgehead atoms. The molecular weight excluding hydrogens is 192 g/mol. The van der Waals surface area contributed by atoms with Crippen molar-refractivity contribution in [2.75, 3.05) is 5.73 Å². The van der Waals surface area contributed by atoms with Gasteiger partial charge in [0.2, 0.25) is 0 Å². The average Bonchev–Trinajstić information content (AvgIpc) is 2.67. The van der Waals surface area contributed by atoms with Gasteiger partial charge in [-0.1, -0.05) is 12.8 Å². The number of thioether (sulfide) groups is 1. The molecule has 3 heteroatoms. The lowest BCUT2D eigenvalue weighted by Crippen LogP contribution is -1.97. The van der Waals surface area contributed by atoms with Gasteiger partial charge in [0.25, 0.3) is 0 Å². The molecule has 0 aliphatic heterocycles. The Hall–Kier alpha value is -0.700. The highest BCUT2D eigenvalue weighted by Crippen LogP contribution is 2.31. The fourth-order valence-corrected chi connectivity index (χ4v) is 3.07. The van der Waals surface area contributed by atoms with Gasteiger partial charge in [-0.15, -0.1) is 0 Å². The Balaban J connectivity index is 1.85. The minimum absolute atomic E-state index is 0.821. The van der Waals surface area contributed by atoms with Crippen molar-refractivity contribution in [2.24, 2.45) is 0 Å². The summed E-state index contributed by atoms with van der Waals surface area (Å²) in [6.07, 6.45) is 7.36. The second-order valence-electron chi connectivity index (χ2n) is 3.80. The first-order chi connectivity index (χ1) is 6.84. The molecule has 2 N–H and O–H groups in total. The van der Waals surface area contributed by atoms with E-state index < -0.39 is 0 Å². The third-order valence-corrected chi connectivity index (χ3v) is 4.01. The molecule has 0 radical (unpaired) electrons. The maximum atomic E-state index is 5.69. The number of hydrogen-bond donors (Lipinski definition) is 1. The molecule has 1 aromatic heterocycles. The van der Waals surface area contributed by atoms with Gasteiger partial charge in [0.05, 0.1) is 5.69 Å². The Labute approximate surface area is 89.3 Å². The van der Waals surface area contributed by atoms with Crippen LogP contribution in [0.2, 0.25) is 0 Å². The summed E-state index contributed by atoms with van der Waals surface area (Å²) in [6.45, 7) is 0. The Bertz CT molecular complexity index is 295. The second kappa shape index (κ2) is 4.69. The van der Waals surface area contributed by atoms with Gasteiger partial charge in [-0.05, 0) is 25.0 Å². The van der Waals surface area contributed by atoms with Crippen molar-refractivity contribution in [3.8, 4) is 0 Å². The maximum absolute atomic E-state index is 5.69. The minimum Gasteiger partial charge on any atom is -0.399 e. The zero-order valence-electron chi connectivity index (χ0n) is 8.28. The van der Waals surface area contributed by atoms with E-state index in [4.69, 9.17) is 5.73 Å². The van der Waals surface area contributed by atoms with E-state index in [1.165, 1.54) is 25.7 Å². The zero-order chi connectivity index (χ0) is 9.80. The van der Waals surface area contributed by atoms with E-state index in [0.29, 0.717) is 0 Å². The van der Waals surface area contributed by atoms with Gasteiger partial charge in [0.15, 0.2) is 0 Å². The molecule has 14 heavy (non-hydrogen) atoms. The van der Waals surface area contributed by atoms with Gasteiger partial charge in [-0.3, -0.25) is 4.98 Å². The van der Waals surface area contributed by atoms with Crippen molar-refractivity contribution >= 4 is 17.4 Å². The van der Waals surface area contributed by atoms with Gasteiger partial charge < -0.3 is 5.73 Å². The summed E-state index contributed by atoms with van der Waals surface area (Å²) in [5.74, 6) is 1.01. The molecule has 2 nitrogen and oxygen atoms in total. The molecule has 1 saturated carbocycles. The fourth-order valence-electron chi connectivity index (χ4n) is 1.83. The van der Waals surface area contributed by atoms with Crippen molar-refractivity contribution in [1.82, 2.24) is 4.98 Å². The normalized spacial score (nSPS) is 17.4. The van der Waals surface area contributed by atoms with Crippen LogP contribution in [0.3, 0.4) is 0 Å². The van der Waals surface area contributed by atoms with Crippen LogP contribution < -0.4 is 5.73 Å². The molecule has 1 aromatic rings. The number of nitrogen functional groups attached to an aromatic ring is 1. The van der Waals surface area contributed by atoms with Crippen LogP contribution in [0.5, 0.6) is 0 Å². The summed E-state index contributed by atoms with van der Waals surface area (Å²) in [5, 5.41) is 0.859. The molecule has 1 fully saturated rings. The Kier molecular flexibility index (Phi) is 3.30. The average molecular weight is 208 g/mol. The largest absolute Gasteiger partial charge is 0.399 e. The van der Waals surface area contributed by atoms with Crippen LogP contribution in [0.15, 0.2) is 18.3 Å². The van der Waals surface area contributed by atoms with E-state index in [1.54, 1.807) is 6.20 Å². The van der Waals surface area contributed by atoms with Gasteiger partial charge in [-0.25, -0.2) is 0 Å². The molecule has 1 heterocycles. The van der Waals surface area contributed by atoms with Crippen LogP contribution in [0, 0.1) is 0 Å². The Morgan fingerprint density at radius 3 is 2.93 bits per heavy atom. The molecule has 0 spiro atoms. The van der Waals surface area contributed by atoms with E-state index in [-0.39, 0.29) is 0 Å². The Morgan fingerprint density at radius 1 is 1.43 bits per heavy atom. The van der Waals surface area contributed by atoms with E-state index >= 15 is 0 Å². The van der Waals surface area contributed by atoms with Crippen molar-refractivity contribution in [3.63, 3.8) is 0 Å². The lowest BCUT2D eigenvalue weighted by molar-refractivity contribution is 0.886. The number of hydrogen-bond acceptors (Lipinski definition) is 3. The minimum atomic E-state index is 0.821. The van der Waals surface area contributed by atoms with Crippen LogP contribution >= 0.6 is 11.8 Å². The summed E-state index contributed by atoms with van der Waals surface area (Å²) in [7, 11) is 0. The van der Waals surface area contributed by atoms with E-state index in [9.17, 15) is 0 Å². The van der Waals surface area contributed by atoms with Crippen molar-refractivity contribution in [1.29, 1.82) is 0 Å². The molecule has 0 unspecified atom stereocenters.